The highest BCUT2D eigenvalue weighted by Gasteiger charge is 2.27. The highest BCUT2D eigenvalue weighted by Crippen LogP contribution is 2.17. The lowest BCUT2D eigenvalue weighted by Gasteiger charge is -2.16. The zero-order valence-electron chi connectivity index (χ0n) is 12.7. The fourth-order valence-corrected chi connectivity index (χ4v) is 2.41. The van der Waals surface area contributed by atoms with E-state index in [1.165, 1.54) is 0 Å². The van der Waals surface area contributed by atoms with Crippen LogP contribution in [0.4, 0.5) is 0 Å². The van der Waals surface area contributed by atoms with Gasteiger partial charge in [-0.3, -0.25) is 14.6 Å². The van der Waals surface area contributed by atoms with Crippen LogP contribution in [-0.2, 0) is 9.59 Å². The average molecular weight is 315 g/mol. The molecule has 2 aromatic heterocycles. The van der Waals surface area contributed by atoms with E-state index in [0.717, 1.165) is 18.4 Å². The van der Waals surface area contributed by atoms with Crippen LogP contribution in [0.15, 0.2) is 29.0 Å². The van der Waals surface area contributed by atoms with Gasteiger partial charge >= 0.3 is 11.8 Å². The van der Waals surface area contributed by atoms with Crippen molar-refractivity contribution in [3.05, 3.63) is 30.4 Å². The summed E-state index contributed by atoms with van der Waals surface area (Å²) >= 11 is 0. The van der Waals surface area contributed by atoms with Crippen LogP contribution < -0.4 is 5.32 Å². The molecule has 2 amide bonds. The number of amides is 2. The van der Waals surface area contributed by atoms with Gasteiger partial charge in [0.05, 0.1) is 0 Å². The third kappa shape index (κ3) is 3.36. The van der Waals surface area contributed by atoms with Crippen LogP contribution in [0.2, 0.25) is 0 Å². The number of carbonyl (C=O) groups is 2. The first-order valence-corrected chi connectivity index (χ1v) is 7.49. The van der Waals surface area contributed by atoms with Gasteiger partial charge in [0, 0.05) is 31.0 Å². The van der Waals surface area contributed by atoms with E-state index in [0.29, 0.717) is 18.9 Å². The summed E-state index contributed by atoms with van der Waals surface area (Å²) in [5.41, 5.74) is 0.765. The molecule has 8 heteroatoms. The zero-order chi connectivity index (χ0) is 16.2. The monoisotopic (exact) mass is 315 g/mol. The number of nitrogens with one attached hydrogen (secondary N) is 1. The molecule has 0 bridgehead atoms. The fraction of sp³-hybridized carbons (Fsp3) is 0.400. The van der Waals surface area contributed by atoms with E-state index in [4.69, 9.17) is 4.52 Å². The van der Waals surface area contributed by atoms with Gasteiger partial charge in [-0.05, 0) is 31.9 Å². The Hall–Kier alpha value is -2.77. The van der Waals surface area contributed by atoms with Crippen LogP contribution in [0.5, 0.6) is 0 Å². The molecule has 8 nitrogen and oxygen atoms in total. The molecule has 0 radical (unpaired) electrons. The minimum Gasteiger partial charge on any atom is -0.337 e. The number of carbonyl (C=O) groups excluding carboxylic acids is 2. The first-order chi connectivity index (χ1) is 11.1. The maximum absolute atomic E-state index is 12.0. The second-order valence-electron chi connectivity index (χ2n) is 5.39. The van der Waals surface area contributed by atoms with Gasteiger partial charge in [-0.25, -0.2) is 0 Å². The van der Waals surface area contributed by atoms with Crippen LogP contribution in [0.25, 0.3) is 11.4 Å². The summed E-state index contributed by atoms with van der Waals surface area (Å²) in [5, 5.41) is 6.48. The van der Waals surface area contributed by atoms with Crippen molar-refractivity contribution in [3.8, 4) is 11.4 Å². The van der Waals surface area contributed by atoms with E-state index in [1.807, 2.05) is 0 Å². The molecule has 2 aromatic rings. The van der Waals surface area contributed by atoms with Gasteiger partial charge in [-0.1, -0.05) is 5.16 Å². The van der Waals surface area contributed by atoms with Gasteiger partial charge in [0.25, 0.3) is 0 Å². The quantitative estimate of drug-likeness (QED) is 0.846. The molecule has 0 unspecified atom stereocenters. The van der Waals surface area contributed by atoms with Crippen molar-refractivity contribution in [2.24, 2.45) is 0 Å². The van der Waals surface area contributed by atoms with Crippen LogP contribution in [-0.4, -0.2) is 44.9 Å². The number of nitrogens with zero attached hydrogens (tertiary/aromatic N) is 4. The van der Waals surface area contributed by atoms with Crippen LogP contribution in [0, 0.1) is 0 Å². The summed E-state index contributed by atoms with van der Waals surface area (Å²) in [4.78, 5) is 33.7. The van der Waals surface area contributed by atoms with Crippen molar-refractivity contribution < 1.29 is 14.1 Å². The first-order valence-electron chi connectivity index (χ1n) is 7.49. The summed E-state index contributed by atoms with van der Waals surface area (Å²) in [7, 11) is 0. The van der Waals surface area contributed by atoms with Crippen molar-refractivity contribution in [1.82, 2.24) is 25.3 Å². The lowest BCUT2D eigenvalue weighted by molar-refractivity contribution is -0.145. The molecule has 1 atom stereocenters. The molecule has 0 aliphatic carbocycles. The van der Waals surface area contributed by atoms with Crippen molar-refractivity contribution in [1.29, 1.82) is 0 Å². The summed E-state index contributed by atoms with van der Waals surface area (Å²) < 4.78 is 5.17. The maximum Gasteiger partial charge on any atom is 0.311 e. The molecule has 23 heavy (non-hydrogen) atoms. The van der Waals surface area contributed by atoms with E-state index >= 15 is 0 Å². The summed E-state index contributed by atoms with van der Waals surface area (Å²) in [6, 6.07) is 2.97. The minimum atomic E-state index is -0.650. The van der Waals surface area contributed by atoms with E-state index in [2.05, 4.69) is 20.4 Å². The molecule has 120 valence electrons. The molecule has 0 aromatic carbocycles. The first kappa shape index (κ1) is 15.1. The molecule has 1 saturated heterocycles. The van der Waals surface area contributed by atoms with Gasteiger partial charge in [0.2, 0.25) is 11.7 Å². The van der Waals surface area contributed by atoms with Gasteiger partial charge in [0.1, 0.15) is 6.04 Å². The van der Waals surface area contributed by atoms with Gasteiger partial charge in [-0.15, -0.1) is 0 Å². The summed E-state index contributed by atoms with van der Waals surface area (Å²) in [5.74, 6) is -0.500. The summed E-state index contributed by atoms with van der Waals surface area (Å²) in [6.45, 7) is 2.96. The Balaban J connectivity index is 1.64. The van der Waals surface area contributed by atoms with E-state index in [9.17, 15) is 9.59 Å². The highest BCUT2D eigenvalue weighted by atomic mass is 16.5. The second-order valence-corrected chi connectivity index (χ2v) is 5.39. The Morgan fingerprint density at radius 1 is 1.26 bits per heavy atom. The van der Waals surface area contributed by atoms with Crippen LogP contribution in [0.3, 0.4) is 0 Å². The molecule has 0 saturated carbocycles. The van der Waals surface area contributed by atoms with Crippen molar-refractivity contribution >= 4 is 11.8 Å². The standard InChI is InChI=1S/C15H17N5O3/c1-10(17-13(21)15(22)20-8-2-3-9-20)14-18-12(19-23-14)11-4-6-16-7-5-11/h4-7,10H,2-3,8-9H2,1H3,(H,17,21)/t10-/m1/s1. The Bertz CT molecular complexity index is 694. The van der Waals surface area contributed by atoms with E-state index < -0.39 is 17.9 Å². The van der Waals surface area contributed by atoms with E-state index in [-0.39, 0.29) is 5.89 Å². The SMILES string of the molecule is C[C@@H](NC(=O)C(=O)N1CCCC1)c1nc(-c2ccncc2)no1. The van der Waals surface area contributed by atoms with E-state index in [1.54, 1.807) is 36.4 Å². The predicted octanol–water partition coefficient (Wildman–Crippen LogP) is 0.931. The predicted molar refractivity (Wildman–Crippen MR) is 79.9 cm³/mol. The van der Waals surface area contributed by atoms with Crippen molar-refractivity contribution in [3.63, 3.8) is 0 Å². The van der Waals surface area contributed by atoms with Gasteiger partial charge in [0.15, 0.2) is 0 Å². The number of hydrogen-bond donors (Lipinski definition) is 1. The largest absolute Gasteiger partial charge is 0.337 e. The lowest BCUT2D eigenvalue weighted by Crippen LogP contribution is -2.42. The Kier molecular flexibility index (Phi) is 4.31. The number of rotatable bonds is 3. The molecule has 1 fully saturated rings. The molecule has 3 heterocycles. The average Bonchev–Trinajstić information content (AvgIpc) is 3.26. The van der Waals surface area contributed by atoms with Crippen LogP contribution in [0.1, 0.15) is 31.7 Å². The molecule has 1 aliphatic rings. The Labute approximate surface area is 132 Å². The Morgan fingerprint density at radius 3 is 2.65 bits per heavy atom. The van der Waals surface area contributed by atoms with Gasteiger partial charge < -0.3 is 14.7 Å². The molecular weight excluding hydrogens is 298 g/mol. The smallest absolute Gasteiger partial charge is 0.311 e. The molecule has 0 spiro atoms. The lowest BCUT2D eigenvalue weighted by atomic mass is 10.2. The third-order valence-electron chi connectivity index (χ3n) is 3.69. The maximum atomic E-state index is 12.0. The fourth-order valence-electron chi connectivity index (χ4n) is 2.41. The minimum absolute atomic E-state index is 0.249. The molecule has 1 aliphatic heterocycles. The summed E-state index contributed by atoms with van der Waals surface area (Å²) in [6.07, 6.45) is 5.14. The number of likely N-dealkylation sites (tertiary alicyclic amines) is 1. The number of pyridine rings is 1. The third-order valence-corrected chi connectivity index (χ3v) is 3.69. The number of hydrogen-bond acceptors (Lipinski definition) is 6. The molecule has 1 N–H and O–H groups in total. The zero-order valence-corrected chi connectivity index (χ0v) is 12.7. The van der Waals surface area contributed by atoms with Crippen molar-refractivity contribution in [2.45, 2.75) is 25.8 Å². The Morgan fingerprint density at radius 2 is 1.96 bits per heavy atom. The van der Waals surface area contributed by atoms with Gasteiger partial charge in [-0.2, -0.15) is 4.98 Å². The highest BCUT2D eigenvalue weighted by molar-refractivity contribution is 6.35. The normalized spacial score (nSPS) is 15.4. The van der Waals surface area contributed by atoms with Crippen molar-refractivity contribution in [2.75, 3.05) is 13.1 Å². The topological polar surface area (TPSA) is 101 Å². The molecule has 3 rings (SSSR count). The number of aromatic nitrogens is 3. The molecular formula is C15H17N5O3. The second kappa shape index (κ2) is 6.55. The van der Waals surface area contributed by atoms with Crippen LogP contribution >= 0.6 is 0 Å².